The van der Waals surface area contributed by atoms with Gasteiger partial charge in [0.2, 0.25) is 0 Å². The summed E-state index contributed by atoms with van der Waals surface area (Å²) in [5.74, 6) is 0.120. The van der Waals surface area contributed by atoms with Gasteiger partial charge in [-0.05, 0) is 48.9 Å². The molecule has 1 aliphatic carbocycles. The molecule has 3 aromatic rings. The van der Waals surface area contributed by atoms with Crippen molar-refractivity contribution in [2.24, 2.45) is 0 Å². The second-order valence-corrected chi connectivity index (χ2v) is 9.30. The highest BCUT2D eigenvalue weighted by atomic mass is 16.1. The lowest BCUT2D eigenvalue weighted by Crippen LogP contribution is -2.45. The number of likely N-dealkylation sites (N-methyl/N-ethyl adjacent to an activating group) is 1. The summed E-state index contributed by atoms with van der Waals surface area (Å²) in [5, 5.41) is 0.962. The number of nitrogen functional groups attached to an aromatic ring is 1. The molecule has 3 N–H and O–H groups in total. The van der Waals surface area contributed by atoms with Crippen LogP contribution in [0.1, 0.15) is 53.5 Å². The van der Waals surface area contributed by atoms with Crippen LogP contribution in [0.5, 0.6) is 0 Å². The van der Waals surface area contributed by atoms with Gasteiger partial charge in [0.05, 0.1) is 5.56 Å². The van der Waals surface area contributed by atoms with Crippen molar-refractivity contribution in [1.29, 1.82) is 0 Å². The third-order valence-corrected chi connectivity index (χ3v) is 7.04. The first kappa shape index (κ1) is 19.2. The van der Waals surface area contributed by atoms with E-state index in [4.69, 9.17) is 5.73 Å². The molecule has 5 nitrogen and oxygen atoms in total. The fourth-order valence-corrected chi connectivity index (χ4v) is 5.15. The van der Waals surface area contributed by atoms with Crippen molar-refractivity contribution >= 4 is 28.1 Å². The van der Waals surface area contributed by atoms with E-state index in [1.165, 1.54) is 11.3 Å². The number of nitrogens with zero attached hydrogens (tertiary/aromatic N) is 2. The quantitative estimate of drug-likeness (QED) is 0.638. The Morgan fingerprint density at radius 1 is 1.10 bits per heavy atom. The molecule has 0 atom stereocenters. The number of piperazine rings is 1. The van der Waals surface area contributed by atoms with Crippen molar-refractivity contribution < 1.29 is 4.79 Å². The molecule has 1 aromatic heterocycles. The summed E-state index contributed by atoms with van der Waals surface area (Å²) in [6.07, 6.45) is 0.917. The first-order chi connectivity index (χ1) is 14.3. The minimum atomic E-state index is -0.292. The number of fused-ring (bicyclic) bond motifs is 4. The molecule has 0 amide bonds. The number of aryl methyl sites for hydroxylation is 1. The van der Waals surface area contributed by atoms with Crippen LogP contribution in [0, 0.1) is 0 Å². The number of anilines is 2. The molecular weight excluding hydrogens is 372 g/mol. The Labute approximate surface area is 177 Å². The highest BCUT2D eigenvalue weighted by Crippen LogP contribution is 2.45. The predicted octanol–water partition coefficient (Wildman–Crippen LogP) is 3.93. The molecule has 2 heterocycles. The van der Waals surface area contributed by atoms with Crippen molar-refractivity contribution in [2.75, 3.05) is 43.9 Å². The van der Waals surface area contributed by atoms with E-state index in [-0.39, 0.29) is 11.2 Å². The van der Waals surface area contributed by atoms with Crippen LogP contribution in [0.3, 0.4) is 0 Å². The average molecular weight is 403 g/mol. The predicted molar refractivity (Wildman–Crippen MR) is 124 cm³/mol. The number of carbonyl (C=O) groups excluding carboxylic acids is 1. The van der Waals surface area contributed by atoms with Crippen LogP contribution in [0.4, 0.5) is 11.4 Å². The summed E-state index contributed by atoms with van der Waals surface area (Å²) in [6.45, 7) is 10.8. The highest BCUT2D eigenvalue weighted by Gasteiger charge is 2.40. The van der Waals surface area contributed by atoms with Gasteiger partial charge in [-0.15, -0.1) is 0 Å². The number of hydrogen-bond acceptors (Lipinski definition) is 4. The van der Waals surface area contributed by atoms with Crippen LogP contribution >= 0.6 is 0 Å². The van der Waals surface area contributed by atoms with Crippen LogP contribution in [-0.2, 0) is 11.8 Å². The van der Waals surface area contributed by atoms with Crippen LogP contribution in [0.15, 0.2) is 30.3 Å². The molecular formula is C25H30N4O. The van der Waals surface area contributed by atoms with Gasteiger partial charge >= 0.3 is 0 Å². The summed E-state index contributed by atoms with van der Waals surface area (Å²) >= 11 is 0. The lowest BCUT2D eigenvalue weighted by Gasteiger charge is -2.38. The monoisotopic (exact) mass is 402 g/mol. The van der Waals surface area contributed by atoms with Gasteiger partial charge in [0.25, 0.3) is 0 Å². The maximum atomic E-state index is 13.7. The second kappa shape index (κ2) is 6.61. The zero-order valence-corrected chi connectivity index (χ0v) is 18.3. The Hall–Kier alpha value is -2.79. The molecule has 2 aliphatic rings. The Bertz CT molecular complexity index is 1170. The normalized spacial score (nSPS) is 18.5. The zero-order valence-electron chi connectivity index (χ0n) is 18.3. The standard InChI is InChI=1S/C25H30N4O/c1-5-15-12-18-19(14-21(15)29-10-8-28(4)9-11-29)25(2,3)24-22(23(18)30)17-7-6-16(26)13-20(17)27-24/h6-7,12-14,27H,5,8-11,26H2,1-4H3. The van der Waals surface area contributed by atoms with Crippen molar-refractivity contribution in [3.05, 3.63) is 58.3 Å². The molecule has 5 heteroatoms. The Morgan fingerprint density at radius 3 is 2.53 bits per heavy atom. The third kappa shape index (κ3) is 2.68. The molecule has 0 bridgehead atoms. The second-order valence-electron chi connectivity index (χ2n) is 9.30. The van der Waals surface area contributed by atoms with E-state index < -0.39 is 0 Å². The molecule has 1 saturated heterocycles. The summed E-state index contributed by atoms with van der Waals surface area (Å²) in [7, 11) is 2.18. The number of H-pyrrole nitrogens is 1. The van der Waals surface area contributed by atoms with Gasteiger partial charge in [0.15, 0.2) is 5.78 Å². The number of rotatable bonds is 2. The fraction of sp³-hybridized carbons (Fsp3) is 0.400. The SMILES string of the molecule is CCc1cc2c(cc1N1CCN(C)CC1)C(C)(C)c1[nH]c3cc(N)ccc3c1C2=O. The van der Waals surface area contributed by atoms with Gasteiger partial charge in [-0.25, -0.2) is 0 Å². The van der Waals surface area contributed by atoms with Crippen molar-refractivity contribution in [2.45, 2.75) is 32.6 Å². The highest BCUT2D eigenvalue weighted by molar-refractivity contribution is 6.20. The van der Waals surface area contributed by atoms with Crippen LogP contribution in [-0.4, -0.2) is 48.9 Å². The molecule has 2 aromatic carbocycles. The minimum Gasteiger partial charge on any atom is -0.399 e. The first-order valence-corrected chi connectivity index (χ1v) is 10.9. The Morgan fingerprint density at radius 2 is 1.83 bits per heavy atom. The molecule has 30 heavy (non-hydrogen) atoms. The smallest absolute Gasteiger partial charge is 0.195 e. The van der Waals surface area contributed by atoms with E-state index in [0.717, 1.165) is 65.9 Å². The van der Waals surface area contributed by atoms with Crippen molar-refractivity contribution in [3.8, 4) is 0 Å². The van der Waals surface area contributed by atoms with Gasteiger partial charge in [-0.3, -0.25) is 4.79 Å². The van der Waals surface area contributed by atoms with E-state index in [9.17, 15) is 4.79 Å². The maximum absolute atomic E-state index is 13.7. The number of nitrogens with one attached hydrogen (secondary N) is 1. The largest absolute Gasteiger partial charge is 0.399 e. The molecule has 1 fully saturated rings. The van der Waals surface area contributed by atoms with Crippen molar-refractivity contribution in [1.82, 2.24) is 9.88 Å². The minimum absolute atomic E-state index is 0.120. The molecule has 0 spiro atoms. The van der Waals surface area contributed by atoms with Crippen molar-refractivity contribution in [3.63, 3.8) is 0 Å². The topological polar surface area (TPSA) is 65.4 Å². The number of nitrogens with two attached hydrogens (primary N) is 1. The fourth-order valence-electron chi connectivity index (χ4n) is 5.15. The Kier molecular flexibility index (Phi) is 4.23. The third-order valence-electron chi connectivity index (χ3n) is 7.04. The van der Waals surface area contributed by atoms with Crippen LogP contribution in [0.2, 0.25) is 0 Å². The summed E-state index contributed by atoms with van der Waals surface area (Å²) in [5.41, 5.74) is 13.7. The summed E-state index contributed by atoms with van der Waals surface area (Å²) in [4.78, 5) is 22.1. The number of ketones is 1. The number of carbonyl (C=O) groups is 1. The van der Waals surface area contributed by atoms with Gasteiger partial charge in [-0.2, -0.15) is 0 Å². The Balaban J connectivity index is 1.70. The average Bonchev–Trinajstić information content (AvgIpc) is 3.12. The lowest BCUT2D eigenvalue weighted by molar-refractivity contribution is 0.103. The molecule has 0 unspecified atom stereocenters. The van der Waals surface area contributed by atoms with Gasteiger partial charge in [-0.1, -0.05) is 26.8 Å². The van der Waals surface area contributed by atoms with Crippen LogP contribution in [0.25, 0.3) is 10.9 Å². The number of benzene rings is 2. The molecule has 156 valence electrons. The van der Waals surface area contributed by atoms with Gasteiger partial charge in [0.1, 0.15) is 0 Å². The number of hydrogen-bond donors (Lipinski definition) is 2. The van der Waals surface area contributed by atoms with E-state index in [1.807, 2.05) is 18.2 Å². The van der Waals surface area contributed by atoms with Gasteiger partial charge in [0, 0.05) is 65.1 Å². The summed E-state index contributed by atoms with van der Waals surface area (Å²) in [6, 6.07) is 10.2. The number of aromatic nitrogens is 1. The van der Waals surface area contributed by atoms with E-state index >= 15 is 0 Å². The first-order valence-electron chi connectivity index (χ1n) is 10.9. The lowest BCUT2D eigenvalue weighted by atomic mass is 9.70. The van der Waals surface area contributed by atoms with E-state index in [2.05, 4.69) is 54.7 Å². The van der Waals surface area contributed by atoms with Gasteiger partial charge < -0.3 is 20.5 Å². The summed E-state index contributed by atoms with van der Waals surface area (Å²) < 4.78 is 0. The maximum Gasteiger partial charge on any atom is 0.195 e. The molecule has 0 radical (unpaired) electrons. The van der Waals surface area contributed by atoms with E-state index in [0.29, 0.717) is 5.69 Å². The van der Waals surface area contributed by atoms with Crippen LogP contribution < -0.4 is 10.6 Å². The molecule has 1 aliphatic heterocycles. The molecule has 0 saturated carbocycles. The van der Waals surface area contributed by atoms with E-state index in [1.54, 1.807) is 0 Å². The molecule has 5 rings (SSSR count). The number of aromatic amines is 1. The zero-order chi connectivity index (χ0) is 21.2.